The lowest BCUT2D eigenvalue weighted by molar-refractivity contribution is -0.124. The van der Waals surface area contributed by atoms with Crippen LogP contribution in [0.3, 0.4) is 0 Å². The van der Waals surface area contributed by atoms with E-state index in [1.165, 1.54) is 6.07 Å². The molecule has 5 N–H and O–H groups in total. The Morgan fingerprint density at radius 3 is 2.65 bits per heavy atom. The number of nitrogens with one attached hydrogen (secondary N) is 3. The van der Waals surface area contributed by atoms with Crippen molar-refractivity contribution in [2.45, 2.75) is 82.0 Å². The van der Waals surface area contributed by atoms with Gasteiger partial charge in [-0.05, 0) is 60.4 Å². The summed E-state index contributed by atoms with van der Waals surface area (Å²) in [4.78, 5) is 28.0. The number of carbonyl (C=O) groups is 2. The Labute approximate surface area is 226 Å². The number of anilines is 1. The molecule has 1 aliphatic carbocycles. The Bertz CT molecular complexity index is 1250. The minimum absolute atomic E-state index is 0.0419. The van der Waals surface area contributed by atoms with E-state index in [1.54, 1.807) is 24.3 Å². The van der Waals surface area contributed by atoms with Gasteiger partial charge in [0.2, 0.25) is 11.8 Å². The molecule has 1 saturated heterocycles. The first-order valence-corrected chi connectivity index (χ1v) is 13.5. The van der Waals surface area contributed by atoms with Crippen LogP contribution in [-0.4, -0.2) is 36.0 Å². The van der Waals surface area contributed by atoms with Crippen molar-refractivity contribution in [3.63, 3.8) is 0 Å². The molecule has 9 heteroatoms. The Kier molecular flexibility index (Phi) is 6.80. The maximum absolute atomic E-state index is 15.8. The van der Waals surface area contributed by atoms with Crippen LogP contribution < -0.4 is 21.7 Å². The zero-order chi connectivity index (χ0) is 26.7. The number of benzene rings is 2. The van der Waals surface area contributed by atoms with E-state index in [0.717, 1.165) is 12.8 Å². The molecule has 6 atom stereocenters. The predicted octanol–water partition coefficient (Wildman–Crippen LogP) is 4.88. The van der Waals surface area contributed by atoms with Crippen LogP contribution in [0.5, 0.6) is 0 Å². The van der Waals surface area contributed by atoms with Crippen LogP contribution in [-0.2, 0) is 15.0 Å². The second-order valence-electron chi connectivity index (χ2n) is 11.9. The molecule has 2 aliphatic heterocycles. The third-order valence-electron chi connectivity index (χ3n) is 8.04. The van der Waals surface area contributed by atoms with Crippen LogP contribution >= 0.6 is 23.2 Å². The van der Waals surface area contributed by atoms with Crippen molar-refractivity contribution in [1.82, 2.24) is 10.6 Å². The topological polar surface area (TPSA) is 96.2 Å². The second kappa shape index (κ2) is 9.53. The monoisotopic (exact) mass is 546 g/mol. The molecular weight excluding hydrogens is 514 g/mol. The SMILES string of the molecule is CC(C)(C)CC1NC(C(=O)NC2CCC(N)C2)C(c2cccc(Cl)c2F)C12C(=O)Nc1cc(Cl)ccc12. The molecule has 5 rings (SSSR count). The molecule has 37 heavy (non-hydrogen) atoms. The summed E-state index contributed by atoms with van der Waals surface area (Å²) < 4.78 is 15.8. The molecule has 6 unspecified atom stereocenters. The fourth-order valence-electron chi connectivity index (χ4n) is 6.59. The Morgan fingerprint density at radius 1 is 1.22 bits per heavy atom. The highest BCUT2D eigenvalue weighted by atomic mass is 35.5. The number of rotatable bonds is 4. The molecular formula is C28H33Cl2FN4O2. The first kappa shape index (κ1) is 26.4. The van der Waals surface area contributed by atoms with E-state index in [9.17, 15) is 9.59 Å². The molecule has 6 nitrogen and oxygen atoms in total. The number of fused-ring (bicyclic) bond motifs is 2. The summed E-state index contributed by atoms with van der Waals surface area (Å²) in [7, 11) is 0. The number of hydrogen-bond acceptors (Lipinski definition) is 4. The summed E-state index contributed by atoms with van der Waals surface area (Å²) in [6, 6.07) is 8.66. The van der Waals surface area contributed by atoms with Gasteiger partial charge in [0.25, 0.3) is 0 Å². The zero-order valence-electron chi connectivity index (χ0n) is 21.2. The van der Waals surface area contributed by atoms with Crippen molar-refractivity contribution in [2.75, 3.05) is 5.32 Å². The highest BCUT2D eigenvalue weighted by Gasteiger charge is 2.66. The van der Waals surface area contributed by atoms with Gasteiger partial charge in [0.15, 0.2) is 0 Å². The lowest BCUT2D eigenvalue weighted by Gasteiger charge is -2.37. The Hall–Kier alpha value is -2.19. The molecule has 1 saturated carbocycles. The minimum Gasteiger partial charge on any atom is -0.352 e. The van der Waals surface area contributed by atoms with Crippen molar-refractivity contribution in [3.8, 4) is 0 Å². The normalized spacial score (nSPS) is 31.0. The quantitative estimate of drug-likeness (QED) is 0.439. The molecule has 3 aliphatic rings. The molecule has 0 bridgehead atoms. The summed E-state index contributed by atoms with van der Waals surface area (Å²) in [6.45, 7) is 6.25. The third-order valence-corrected chi connectivity index (χ3v) is 8.57. The maximum Gasteiger partial charge on any atom is 0.238 e. The van der Waals surface area contributed by atoms with Gasteiger partial charge in [-0.15, -0.1) is 0 Å². The van der Waals surface area contributed by atoms with E-state index < -0.39 is 29.2 Å². The van der Waals surface area contributed by atoms with Gasteiger partial charge in [-0.1, -0.05) is 62.2 Å². The molecule has 1 spiro atoms. The predicted molar refractivity (Wildman–Crippen MR) is 144 cm³/mol. The summed E-state index contributed by atoms with van der Waals surface area (Å²) in [6.07, 6.45) is 2.88. The van der Waals surface area contributed by atoms with Crippen molar-refractivity contribution in [2.24, 2.45) is 11.1 Å². The number of carbonyl (C=O) groups excluding carboxylic acids is 2. The van der Waals surface area contributed by atoms with Gasteiger partial charge in [-0.2, -0.15) is 0 Å². The van der Waals surface area contributed by atoms with Gasteiger partial charge in [0, 0.05) is 34.8 Å². The molecule has 2 fully saturated rings. The van der Waals surface area contributed by atoms with Gasteiger partial charge in [-0.3, -0.25) is 9.59 Å². The van der Waals surface area contributed by atoms with Gasteiger partial charge >= 0.3 is 0 Å². The van der Waals surface area contributed by atoms with Gasteiger partial charge in [0.1, 0.15) is 11.2 Å². The molecule has 2 aromatic rings. The summed E-state index contributed by atoms with van der Waals surface area (Å²) >= 11 is 12.5. The van der Waals surface area contributed by atoms with Crippen LogP contribution in [0.4, 0.5) is 10.1 Å². The van der Waals surface area contributed by atoms with Gasteiger partial charge < -0.3 is 21.7 Å². The van der Waals surface area contributed by atoms with E-state index in [2.05, 4.69) is 36.7 Å². The van der Waals surface area contributed by atoms with Crippen molar-refractivity contribution in [1.29, 1.82) is 0 Å². The minimum atomic E-state index is -1.26. The standard InChI is InChI=1S/C28H33Cl2FN4O2/c1-27(2,3)13-21-28(18-10-7-14(29)11-20(18)34-26(28)37)22(17-5-4-6-19(30)23(17)31)24(35-21)25(36)33-16-9-8-15(32)12-16/h4-7,10-11,15-16,21-22,24,35H,8-9,12-13,32H2,1-3H3,(H,33,36)(H,34,37). The summed E-state index contributed by atoms with van der Waals surface area (Å²) in [5, 5.41) is 10.0. The van der Waals surface area contributed by atoms with E-state index in [4.69, 9.17) is 28.9 Å². The second-order valence-corrected chi connectivity index (χ2v) is 12.7. The number of nitrogens with two attached hydrogens (primary N) is 1. The molecule has 198 valence electrons. The molecule has 0 radical (unpaired) electrons. The Morgan fingerprint density at radius 2 is 1.97 bits per heavy atom. The lowest BCUT2D eigenvalue weighted by atomic mass is 9.62. The highest BCUT2D eigenvalue weighted by Crippen LogP contribution is 2.57. The van der Waals surface area contributed by atoms with Crippen LogP contribution in [0.15, 0.2) is 36.4 Å². The smallest absolute Gasteiger partial charge is 0.238 e. The number of halogens is 3. The van der Waals surface area contributed by atoms with Crippen molar-refractivity contribution in [3.05, 3.63) is 63.4 Å². The third kappa shape index (κ3) is 4.54. The van der Waals surface area contributed by atoms with Gasteiger partial charge in [-0.25, -0.2) is 4.39 Å². The van der Waals surface area contributed by atoms with Crippen LogP contribution in [0.1, 0.15) is 63.5 Å². The summed E-state index contributed by atoms with van der Waals surface area (Å²) in [5.74, 6) is -2.03. The van der Waals surface area contributed by atoms with E-state index in [-0.39, 0.29) is 39.9 Å². The van der Waals surface area contributed by atoms with Gasteiger partial charge in [0.05, 0.1) is 11.1 Å². The molecule has 2 aromatic carbocycles. The average Bonchev–Trinajstić information content (AvgIpc) is 3.44. The van der Waals surface area contributed by atoms with Crippen molar-refractivity contribution >= 4 is 40.7 Å². The highest BCUT2D eigenvalue weighted by molar-refractivity contribution is 6.31. The largest absolute Gasteiger partial charge is 0.352 e. The van der Waals surface area contributed by atoms with Crippen LogP contribution in [0.25, 0.3) is 0 Å². The fourth-order valence-corrected chi connectivity index (χ4v) is 6.94. The molecule has 2 heterocycles. The fraction of sp³-hybridized carbons (Fsp3) is 0.500. The van der Waals surface area contributed by atoms with Crippen LogP contribution in [0.2, 0.25) is 10.0 Å². The number of amides is 2. The number of hydrogen-bond donors (Lipinski definition) is 4. The maximum atomic E-state index is 15.8. The van der Waals surface area contributed by atoms with E-state index in [1.807, 2.05) is 6.07 Å². The van der Waals surface area contributed by atoms with E-state index in [0.29, 0.717) is 29.1 Å². The zero-order valence-corrected chi connectivity index (χ0v) is 22.7. The van der Waals surface area contributed by atoms with Crippen LogP contribution in [0, 0.1) is 11.2 Å². The first-order valence-electron chi connectivity index (χ1n) is 12.8. The Balaban J connectivity index is 1.70. The first-order chi connectivity index (χ1) is 17.4. The van der Waals surface area contributed by atoms with Crippen molar-refractivity contribution < 1.29 is 14.0 Å². The molecule has 0 aromatic heterocycles. The average molecular weight is 548 g/mol. The molecule has 2 amide bonds. The summed E-state index contributed by atoms with van der Waals surface area (Å²) in [5.41, 5.74) is 6.14. The lowest BCUT2D eigenvalue weighted by Crippen LogP contribution is -2.49. The van der Waals surface area contributed by atoms with E-state index >= 15 is 4.39 Å².